The van der Waals surface area contributed by atoms with Crippen LogP contribution in [0.25, 0.3) is 0 Å². The number of benzene rings is 1. The zero-order valence-corrected chi connectivity index (χ0v) is 12.9. The molecule has 1 amide bonds. The van der Waals surface area contributed by atoms with Crippen LogP contribution in [0.15, 0.2) is 18.2 Å². The SMILES string of the molecule is O=C(c1ccc2c(c1)CCN2)N1CCC(N2CCOCC2)C1. The van der Waals surface area contributed by atoms with Gasteiger partial charge >= 0.3 is 0 Å². The number of hydrogen-bond donors (Lipinski definition) is 1. The van der Waals surface area contributed by atoms with Crippen molar-refractivity contribution in [3.63, 3.8) is 0 Å². The van der Waals surface area contributed by atoms with Gasteiger partial charge in [-0.25, -0.2) is 0 Å². The topological polar surface area (TPSA) is 44.8 Å². The van der Waals surface area contributed by atoms with Gasteiger partial charge < -0.3 is 15.0 Å². The average molecular weight is 301 g/mol. The largest absolute Gasteiger partial charge is 0.384 e. The second-order valence-electron chi connectivity index (χ2n) is 6.39. The van der Waals surface area contributed by atoms with Crippen LogP contribution in [0.5, 0.6) is 0 Å². The second-order valence-corrected chi connectivity index (χ2v) is 6.39. The van der Waals surface area contributed by atoms with Gasteiger partial charge in [-0.15, -0.1) is 0 Å². The van der Waals surface area contributed by atoms with E-state index in [9.17, 15) is 4.79 Å². The monoisotopic (exact) mass is 301 g/mol. The standard InChI is InChI=1S/C17H23N3O2/c21-17(14-1-2-16-13(11-14)3-5-18-16)20-6-4-15(12-20)19-7-9-22-10-8-19/h1-2,11,15,18H,3-10,12H2. The number of likely N-dealkylation sites (tertiary alicyclic amines) is 1. The lowest BCUT2D eigenvalue weighted by Crippen LogP contribution is -2.45. The van der Waals surface area contributed by atoms with Crippen molar-refractivity contribution in [2.45, 2.75) is 18.9 Å². The van der Waals surface area contributed by atoms with Crippen LogP contribution >= 0.6 is 0 Å². The quantitative estimate of drug-likeness (QED) is 0.891. The number of carbonyl (C=O) groups excluding carboxylic acids is 1. The van der Waals surface area contributed by atoms with E-state index >= 15 is 0 Å². The molecule has 0 bridgehead atoms. The maximum Gasteiger partial charge on any atom is 0.253 e. The summed E-state index contributed by atoms with van der Waals surface area (Å²) in [6.07, 6.45) is 2.10. The molecule has 118 valence electrons. The van der Waals surface area contributed by atoms with Crippen LogP contribution in [0.4, 0.5) is 5.69 Å². The molecule has 22 heavy (non-hydrogen) atoms. The molecule has 1 unspecified atom stereocenters. The first-order valence-corrected chi connectivity index (χ1v) is 8.29. The lowest BCUT2D eigenvalue weighted by Gasteiger charge is -2.32. The predicted octanol–water partition coefficient (Wildman–Crippen LogP) is 1.20. The third-order valence-corrected chi connectivity index (χ3v) is 5.07. The second kappa shape index (κ2) is 5.89. The van der Waals surface area contributed by atoms with Crippen LogP contribution in [-0.2, 0) is 11.2 Å². The molecule has 2 fully saturated rings. The van der Waals surface area contributed by atoms with Crippen molar-refractivity contribution in [1.82, 2.24) is 9.80 Å². The van der Waals surface area contributed by atoms with Gasteiger partial charge in [-0.05, 0) is 36.6 Å². The maximum absolute atomic E-state index is 12.7. The van der Waals surface area contributed by atoms with Gasteiger partial charge in [-0.2, -0.15) is 0 Å². The van der Waals surface area contributed by atoms with Gasteiger partial charge in [-0.1, -0.05) is 0 Å². The molecular weight excluding hydrogens is 278 g/mol. The summed E-state index contributed by atoms with van der Waals surface area (Å²) < 4.78 is 5.42. The number of anilines is 1. The fourth-order valence-electron chi connectivity index (χ4n) is 3.79. The van der Waals surface area contributed by atoms with Gasteiger partial charge in [-0.3, -0.25) is 9.69 Å². The van der Waals surface area contributed by atoms with Crippen molar-refractivity contribution in [1.29, 1.82) is 0 Å². The first-order valence-electron chi connectivity index (χ1n) is 8.29. The Morgan fingerprint density at radius 1 is 1.23 bits per heavy atom. The first-order chi connectivity index (χ1) is 10.8. The summed E-state index contributed by atoms with van der Waals surface area (Å²) in [5.41, 5.74) is 3.30. The van der Waals surface area contributed by atoms with Crippen molar-refractivity contribution >= 4 is 11.6 Å². The Morgan fingerprint density at radius 2 is 2.09 bits per heavy atom. The first kappa shape index (κ1) is 14.0. The van der Waals surface area contributed by atoms with Crippen LogP contribution in [0.3, 0.4) is 0 Å². The highest BCUT2D eigenvalue weighted by Crippen LogP contribution is 2.25. The van der Waals surface area contributed by atoms with Crippen LogP contribution < -0.4 is 5.32 Å². The minimum Gasteiger partial charge on any atom is -0.384 e. The average Bonchev–Trinajstić information content (AvgIpc) is 3.23. The molecule has 4 rings (SSSR count). The van der Waals surface area contributed by atoms with E-state index in [1.807, 2.05) is 17.0 Å². The molecule has 1 atom stereocenters. The molecule has 3 aliphatic heterocycles. The lowest BCUT2D eigenvalue weighted by molar-refractivity contribution is 0.0185. The van der Waals surface area contributed by atoms with E-state index in [1.54, 1.807) is 0 Å². The molecule has 2 saturated heterocycles. The molecule has 0 aliphatic carbocycles. The Kier molecular flexibility index (Phi) is 3.76. The van der Waals surface area contributed by atoms with Gasteiger partial charge in [0.2, 0.25) is 0 Å². The maximum atomic E-state index is 12.7. The Hall–Kier alpha value is -1.59. The number of morpholine rings is 1. The molecule has 5 heteroatoms. The van der Waals surface area contributed by atoms with E-state index in [4.69, 9.17) is 4.74 Å². The Balaban J connectivity index is 1.43. The third kappa shape index (κ3) is 2.59. The number of hydrogen-bond acceptors (Lipinski definition) is 4. The van der Waals surface area contributed by atoms with Crippen molar-refractivity contribution in [2.24, 2.45) is 0 Å². The van der Waals surface area contributed by atoms with Crippen LogP contribution in [0, 0.1) is 0 Å². The van der Waals surface area contributed by atoms with Crippen molar-refractivity contribution in [3.8, 4) is 0 Å². The van der Waals surface area contributed by atoms with Gasteiger partial charge in [0.25, 0.3) is 5.91 Å². The van der Waals surface area contributed by atoms with Gasteiger partial charge in [0.15, 0.2) is 0 Å². The summed E-state index contributed by atoms with van der Waals surface area (Å²) in [6.45, 7) is 6.35. The number of ether oxygens (including phenoxy) is 1. The highest BCUT2D eigenvalue weighted by Gasteiger charge is 2.31. The van der Waals surface area contributed by atoms with Crippen LogP contribution in [-0.4, -0.2) is 67.7 Å². The molecule has 0 radical (unpaired) electrons. The van der Waals surface area contributed by atoms with E-state index in [1.165, 1.54) is 11.3 Å². The summed E-state index contributed by atoms with van der Waals surface area (Å²) in [7, 11) is 0. The highest BCUT2D eigenvalue weighted by molar-refractivity contribution is 5.95. The zero-order chi connectivity index (χ0) is 14.9. The van der Waals surface area contributed by atoms with E-state index in [0.717, 1.165) is 64.3 Å². The number of carbonyl (C=O) groups is 1. The van der Waals surface area contributed by atoms with E-state index in [2.05, 4.69) is 16.3 Å². The Bertz CT molecular complexity index is 569. The summed E-state index contributed by atoms with van der Waals surface area (Å²) in [4.78, 5) is 17.2. The molecule has 0 spiro atoms. The van der Waals surface area contributed by atoms with Gasteiger partial charge in [0.1, 0.15) is 0 Å². The predicted molar refractivity (Wildman–Crippen MR) is 85.3 cm³/mol. The molecule has 1 aromatic rings. The molecule has 0 aromatic heterocycles. The number of nitrogens with zero attached hydrogens (tertiary/aromatic N) is 2. The van der Waals surface area contributed by atoms with Gasteiger partial charge in [0.05, 0.1) is 13.2 Å². The molecule has 0 saturated carbocycles. The summed E-state index contributed by atoms with van der Waals surface area (Å²) in [5.74, 6) is 0.186. The highest BCUT2D eigenvalue weighted by atomic mass is 16.5. The zero-order valence-electron chi connectivity index (χ0n) is 12.9. The van der Waals surface area contributed by atoms with E-state index in [-0.39, 0.29) is 5.91 Å². The smallest absolute Gasteiger partial charge is 0.253 e. The number of rotatable bonds is 2. The van der Waals surface area contributed by atoms with Crippen molar-refractivity contribution in [3.05, 3.63) is 29.3 Å². The van der Waals surface area contributed by atoms with Crippen LogP contribution in [0.2, 0.25) is 0 Å². The molecule has 3 aliphatic rings. The number of fused-ring (bicyclic) bond motifs is 1. The number of nitrogens with one attached hydrogen (secondary N) is 1. The minimum atomic E-state index is 0.186. The fourth-order valence-corrected chi connectivity index (χ4v) is 3.79. The Morgan fingerprint density at radius 3 is 2.95 bits per heavy atom. The fraction of sp³-hybridized carbons (Fsp3) is 0.588. The van der Waals surface area contributed by atoms with E-state index in [0.29, 0.717) is 6.04 Å². The summed E-state index contributed by atoms with van der Waals surface area (Å²) in [6, 6.07) is 6.58. The Labute approximate surface area is 131 Å². The number of amides is 1. The van der Waals surface area contributed by atoms with E-state index < -0.39 is 0 Å². The molecule has 1 N–H and O–H groups in total. The van der Waals surface area contributed by atoms with Crippen molar-refractivity contribution in [2.75, 3.05) is 51.3 Å². The lowest BCUT2D eigenvalue weighted by atomic mass is 10.1. The third-order valence-electron chi connectivity index (χ3n) is 5.07. The van der Waals surface area contributed by atoms with Crippen molar-refractivity contribution < 1.29 is 9.53 Å². The molecule has 3 heterocycles. The molecular formula is C17H23N3O2. The van der Waals surface area contributed by atoms with Crippen LogP contribution in [0.1, 0.15) is 22.3 Å². The molecule has 1 aromatic carbocycles. The summed E-state index contributed by atoms with van der Waals surface area (Å²) in [5, 5.41) is 3.34. The summed E-state index contributed by atoms with van der Waals surface area (Å²) >= 11 is 0. The molecule has 5 nitrogen and oxygen atoms in total. The van der Waals surface area contributed by atoms with Gasteiger partial charge in [0, 0.05) is 50.0 Å². The minimum absolute atomic E-state index is 0.186. The normalized spacial score (nSPS) is 25.1.